The maximum Gasteiger partial charge on any atom is 0.326 e. The standard InChI is InChI=1S/C26H46N7O6P/c1-7-9-11-13-37-24(34)20(4)31-40(36,32-26(5,6)25(35)38-14-12-10-8-2)18-39-19(3)15-33-17-30-21-22(27)28-16-29-23(21)33/h16-17,19-20H,7-15,18H2,1-6H3,(H2,27,28,29)(H2,31,32,36)/t19-,20-,40-/m1/s1. The monoisotopic (exact) mass is 583 g/mol. The van der Waals surface area contributed by atoms with Crippen molar-refractivity contribution in [1.29, 1.82) is 0 Å². The highest BCUT2D eigenvalue weighted by Crippen LogP contribution is 2.40. The SMILES string of the molecule is CCCCCOC(=O)[C@@H](C)N[P@](=O)(CO[C@H](C)Cn1cnc2c(N)ncnc21)NC(C)(C)C(=O)OCCCCC. The molecule has 0 radical (unpaired) electrons. The van der Waals surface area contributed by atoms with Crippen molar-refractivity contribution in [3.8, 4) is 0 Å². The van der Waals surface area contributed by atoms with Crippen LogP contribution in [0.3, 0.4) is 0 Å². The normalized spacial score (nSPS) is 14.9. The maximum atomic E-state index is 14.1. The number of esters is 2. The van der Waals surface area contributed by atoms with Crippen LogP contribution < -0.4 is 15.9 Å². The molecule has 226 valence electrons. The molecule has 0 spiro atoms. The van der Waals surface area contributed by atoms with Gasteiger partial charge in [-0.3, -0.25) is 14.2 Å². The lowest BCUT2D eigenvalue weighted by atomic mass is 10.1. The summed E-state index contributed by atoms with van der Waals surface area (Å²) in [6.45, 7) is 11.6. The van der Waals surface area contributed by atoms with Crippen LogP contribution in [0.5, 0.6) is 0 Å². The van der Waals surface area contributed by atoms with Crippen molar-refractivity contribution >= 4 is 36.4 Å². The summed E-state index contributed by atoms with van der Waals surface area (Å²) in [4.78, 5) is 37.9. The molecular formula is C26H46N7O6P. The van der Waals surface area contributed by atoms with Crippen molar-refractivity contribution in [3.05, 3.63) is 12.7 Å². The Kier molecular flexibility index (Phi) is 13.4. The van der Waals surface area contributed by atoms with Gasteiger partial charge in [0.25, 0.3) is 0 Å². The fourth-order valence-corrected chi connectivity index (χ4v) is 6.30. The lowest BCUT2D eigenvalue weighted by molar-refractivity contribution is -0.149. The zero-order chi connectivity index (χ0) is 29.8. The Bertz CT molecular complexity index is 1140. The van der Waals surface area contributed by atoms with Gasteiger partial charge in [0.15, 0.2) is 11.5 Å². The molecule has 3 atom stereocenters. The molecule has 2 rings (SSSR count). The van der Waals surface area contributed by atoms with Crippen molar-refractivity contribution in [1.82, 2.24) is 29.7 Å². The molecule has 14 heteroatoms. The Labute approximate surface area is 236 Å². The number of nitrogens with two attached hydrogens (primary N) is 1. The van der Waals surface area contributed by atoms with E-state index in [1.165, 1.54) is 6.33 Å². The Morgan fingerprint density at radius 1 is 1.05 bits per heavy atom. The van der Waals surface area contributed by atoms with Crippen LogP contribution in [-0.4, -0.2) is 68.7 Å². The van der Waals surface area contributed by atoms with Gasteiger partial charge in [-0.05, 0) is 40.5 Å². The van der Waals surface area contributed by atoms with Crippen LogP contribution in [-0.2, 0) is 34.9 Å². The number of nitrogen functional groups attached to an aromatic ring is 1. The van der Waals surface area contributed by atoms with E-state index in [0.717, 1.165) is 38.5 Å². The average molecular weight is 584 g/mol. The molecule has 0 fully saturated rings. The van der Waals surface area contributed by atoms with Gasteiger partial charge in [-0.15, -0.1) is 0 Å². The zero-order valence-corrected chi connectivity index (χ0v) is 25.5. The fraction of sp³-hybridized carbons (Fsp3) is 0.731. The molecule has 0 aromatic carbocycles. The second-order valence-electron chi connectivity index (χ2n) is 10.5. The van der Waals surface area contributed by atoms with E-state index in [1.54, 1.807) is 38.6 Å². The molecule has 2 aromatic rings. The van der Waals surface area contributed by atoms with E-state index in [-0.39, 0.29) is 25.4 Å². The zero-order valence-electron chi connectivity index (χ0n) is 24.6. The third-order valence-corrected chi connectivity index (χ3v) is 8.36. The van der Waals surface area contributed by atoms with E-state index in [9.17, 15) is 14.2 Å². The van der Waals surface area contributed by atoms with Gasteiger partial charge in [0.05, 0.1) is 32.2 Å². The van der Waals surface area contributed by atoms with Crippen molar-refractivity contribution in [2.75, 3.05) is 25.3 Å². The van der Waals surface area contributed by atoms with Crippen LogP contribution in [0.25, 0.3) is 11.2 Å². The summed E-state index contributed by atoms with van der Waals surface area (Å²) in [5.41, 5.74) is 5.59. The predicted octanol–water partition coefficient (Wildman–Crippen LogP) is 3.78. The highest BCUT2D eigenvalue weighted by Gasteiger charge is 2.39. The largest absolute Gasteiger partial charge is 0.465 e. The molecular weight excluding hydrogens is 537 g/mol. The molecule has 0 aliphatic carbocycles. The summed E-state index contributed by atoms with van der Waals surface area (Å²) in [6, 6.07) is -0.910. The number of carbonyl (C=O) groups excluding carboxylic acids is 2. The minimum Gasteiger partial charge on any atom is -0.465 e. The molecule has 0 saturated heterocycles. The second-order valence-corrected chi connectivity index (χ2v) is 12.7. The van der Waals surface area contributed by atoms with Gasteiger partial charge >= 0.3 is 11.9 Å². The van der Waals surface area contributed by atoms with E-state index < -0.39 is 37.1 Å². The topological polar surface area (TPSA) is 173 Å². The van der Waals surface area contributed by atoms with E-state index in [4.69, 9.17) is 19.9 Å². The Hall–Kier alpha value is -2.60. The molecule has 0 saturated carbocycles. The van der Waals surface area contributed by atoms with Crippen LogP contribution in [0.4, 0.5) is 5.82 Å². The number of anilines is 1. The summed E-state index contributed by atoms with van der Waals surface area (Å²) in [5.74, 6) is -0.807. The number of unbranched alkanes of at least 4 members (excludes halogenated alkanes) is 4. The van der Waals surface area contributed by atoms with E-state index in [2.05, 4.69) is 39.0 Å². The van der Waals surface area contributed by atoms with Gasteiger partial charge in [0, 0.05) is 0 Å². The first-order valence-electron chi connectivity index (χ1n) is 14.0. The summed E-state index contributed by atoms with van der Waals surface area (Å²) in [7, 11) is -3.69. The number of aromatic nitrogens is 4. The maximum absolute atomic E-state index is 14.1. The third kappa shape index (κ3) is 10.4. The number of carbonyl (C=O) groups is 2. The van der Waals surface area contributed by atoms with Crippen LogP contribution in [0.1, 0.15) is 80.1 Å². The molecule has 0 bridgehead atoms. The number of hydrogen-bond donors (Lipinski definition) is 3. The first-order chi connectivity index (χ1) is 18.9. The molecule has 0 amide bonds. The summed E-state index contributed by atoms with van der Waals surface area (Å²) < 4.78 is 32.6. The molecule has 13 nitrogen and oxygen atoms in total. The minimum absolute atomic E-state index is 0.273. The lowest BCUT2D eigenvalue weighted by Crippen LogP contribution is -2.50. The van der Waals surface area contributed by atoms with Crippen molar-refractivity contribution in [3.63, 3.8) is 0 Å². The molecule has 2 heterocycles. The van der Waals surface area contributed by atoms with Crippen LogP contribution in [0.15, 0.2) is 12.7 Å². The van der Waals surface area contributed by atoms with Crippen molar-refractivity contribution in [2.24, 2.45) is 0 Å². The lowest BCUT2D eigenvalue weighted by Gasteiger charge is -2.32. The van der Waals surface area contributed by atoms with E-state index >= 15 is 0 Å². The molecule has 0 unspecified atom stereocenters. The highest BCUT2D eigenvalue weighted by atomic mass is 31.2. The summed E-state index contributed by atoms with van der Waals surface area (Å²) in [6.07, 6.45) is 7.57. The first-order valence-corrected chi connectivity index (χ1v) is 15.8. The molecule has 0 aliphatic rings. The number of hydrogen-bond acceptors (Lipinski definition) is 10. The quantitative estimate of drug-likeness (QED) is 0.124. The van der Waals surface area contributed by atoms with Gasteiger partial charge in [0.2, 0.25) is 7.44 Å². The van der Waals surface area contributed by atoms with Crippen LogP contribution in [0, 0.1) is 0 Å². The van der Waals surface area contributed by atoms with E-state index in [0.29, 0.717) is 17.7 Å². The number of fused-ring (bicyclic) bond motifs is 1. The number of nitrogens with zero attached hydrogens (tertiary/aromatic N) is 4. The number of ether oxygens (including phenoxy) is 3. The summed E-state index contributed by atoms with van der Waals surface area (Å²) in [5, 5.41) is 5.76. The first kappa shape index (κ1) is 33.6. The van der Waals surface area contributed by atoms with Gasteiger partial charge in [0.1, 0.15) is 29.8 Å². The Morgan fingerprint density at radius 2 is 1.70 bits per heavy atom. The summed E-state index contributed by atoms with van der Waals surface area (Å²) >= 11 is 0. The molecule has 40 heavy (non-hydrogen) atoms. The van der Waals surface area contributed by atoms with Crippen LogP contribution in [0.2, 0.25) is 0 Å². The van der Waals surface area contributed by atoms with E-state index in [1.807, 2.05) is 0 Å². The van der Waals surface area contributed by atoms with Crippen LogP contribution >= 0.6 is 7.44 Å². The minimum atomic E-state index is -3.69. The number of nitrogens with one attached hydrogen (secondary N) is 2. The van der Waals surface area contributed by atoms with Crippen molar-refractivity contribution < 1.29 is 28.4 Å². The third-order valence-electron chi connectivity index (χ3n) is 6.12. The number of imidazole rings is 1. The smallest absolute Gasteiger partial charge is 0.326 e. The molecule has 2 aromatic heterocycles. The fourth-order valence-electron chi connectivity index (χ4n) is 3.91. The average Bonchev–Trinajstić information content (AvgIpc) is 3.31. The van der Waals surface area contributed by atoms with Gasteiger partial charge in [-0.2, -0.15) is 0 Å². The highest BCUT2D eigenvalue weighted by molar-refractivity contribution is 7.59. The van der Waals surface area contributed by atoms with Gasteiger partial charge < -0.3 is 24.5 Å². The molecule has 4 N–H and O–H groups in total. The molecule has 0 aliphatic heterocycles. The number of rotatable bonds is 19. The predicted molar refractivity (Wildman–Crippen MR) is 154 cm³/mol. The van der Waals surface area contributed by atoms with Gasteiger partial charge in [-0.1, -0.05) is 39.5 Å². The Morgan fingerprint density at radius 3 is 2.35 bits per heavy atom. The van der Waals surface area contributed by atoms with Crippen molar-refractivity contribution in [2.45, 2.75) is 104 Å². The second kappa shape index (κ2) is 16.0. The Balaban J connectivity index is 2.11. The van der Waals surface area contributed by atoms with Gasteiger partial charge in [-0.25, -0.2) is 25.1 Å².